The highest BCUT2D eigenvalue weighted by molar-refractivity contribution is 5.78. The molecule has 0 aliphatic rings. The number of carbonyl (C=O) groups is 1. The summed E-state index contributed by atoms with van der Waals surface area (Å²) in [6.45, 7) is 5.33. The van der Waals surface area contributed by atoms with Crippen LogP contribution < -0.4 is 5.32 Å². The number of nitrogens with one attached hydrogen (secondary N) is 2. The molecular weight excluding hydrogens is 232 g/mol. The van der Waals surface area contributed by atoms with Crippen LogP contribution in [-0.4, -0.2) is 55.4 Å². The number of aromatic nitrogens is 2. The summed E-state index contributed by atoms with van der Waals surface area (Å²) in [5.74, 6) is -0.290. The van der Waals surface area contributed by atoms with Crippen molar-refractivity contribution in [3.05, 3.63) is 17.0 Å². The Morgan fingerprint density at radius 1 is 1.50 bits per heavy atom. The molecule has 6 heteroatoms. The molecule has 1 aromatic rings. The van der Waals surface area contributed by atoms with Crippen molar-refractivity contribution in [1.29, 1.82) is 0 Å². The number of methoxy groups -OCH3 is 1. The van der Waals surface area contributed by atoms with Crippen LogP contribution in [-0.2, 0) is 9.53 Å². The Balaban J connectivity index is 2.82. The van der Waals surface area contributed by atoms with Crippen LogP contribution in [0.15, 0.2) is 0 Å². The maximum absolute atomic E-state index is 11.9. The lowest BCUT2D eigenvalue weighted by Crippen LogP contribution is -2.35. The maximum atomic E-state index is 11.9. The second-order valence-electron chi connectivity index (χ2n) is 4.56. The molecule has 0 aliphatic carbocycles. The van der Waals surface area contributed by atoms with E-state index in [-0.39, 0.29) is 5.97 Å². The molecule has 1 rings (SSSR count). The normalized spacial score (nSPS) is 12.8. The van der Waals surface area contributed by atoms with E-state index in [1.54, 1.807) is 0 Å². The van der Waals surface area contributed by atoms with Crippen LogP contribution in [0.3, 0.4) is 0 Å². The van der Waals surface area contributed by atoms with Gasteiger partial charge >= 0.3 is 5.97 Å². The van der Waals surface area contributed by atoms with E-state index < -0.39 is 6.04 Å². The number of ether oxygens (including phenoxy) is 1. The van der Waals surface area contributed by atoms with Gasteiger partial charge in [0.15, 0.2) is 0 Å². The molecule has 1 heterocycles. The Morgan fingerprint density at radius 2 is 2.17 bits per heavy atom. The third kappa shape index (κ3) is 3.54. The Hall–Kier alpha value is -1.40. The van der Waals surface area contributed by atoms with Crippen molar-refractivity contribution in [3.8, 4) is 0 Å². The lowest BCUT2D eigenvalue weighted by atomic mass is 10.1. The number of esters is 1. The van der Waals surface area contributed by atoms with Crippen molar-refractivity contribution in [2.75, 3.05) is 34.3 Å². The first-order valence-corrected chi connectivity index (χ1v) is 5.94. The Labute approximate surface area is 108 Å². The van der Waals surface area contributed by atoms with Gasteiger partial charge in [0.1, 0.15) is 6.04 Å². The summed E-state index contributed by atoms with van der Waals surface area (Å²) in [7, 11) is 5.38. The van der Waals surface area contributed by atoms with Crippen molar-refractivity contribution in [2.24, 2.45) is 0 Å². The second kappa shape index (κ2) is 6.51. The summed E-state index contributed by atoms with van der Waals surface area (Å²) < 4.78 is 4.85. The summed E-state index contributed by atoms with van der Waals surface area (Å²) in [4.78, 5) is 13.9. The zero-order valence-corrected chi connectivity index (χ0v) is 11.7. The quantitative estimate of drug-likeness (QED) is 0.719. The molecule has 0 amide bonds. The fourth-order valence-electron chi connectivity index (χ4n) is 1.84. The monoisotopic (exact) mass is 254 g/mol. The van der Waals surface area contributed by atoms with Crippen LogP contribution in [0.2, 0.25) is 0 Å². The van der Waals surface area contributed by atoms with Crippen LogP contribution in [0.1, 0.15) is 23.0 Å². The van der Waals surface area contributed by atoms with Crippen molar-refractivity contribution < 1.29 is 9.53 Å². The van der Waals surface area contributed by atoms with Crippen LogP contribution in [0.4, 0.5) is 0 Å². The molecule has 0 fully saturated rings. The molecule has 1 atom stereocenters. The van der Waals surface area contributed by atoms with Gasteiger partial charge in [-0.1, -0.05) is 0 Å². The third-order valence-electron chi connectivity index (χ3n) is 2.82. The predicted octanol–water partition coefficient (Wildman–Crippen LogP) is 0.392. The molecule has 0 aliphatic heterocycles. The number of aryl methyl sites for hydroxylation is 2. The highest BCUT2D eigenvalue weighted by Crippen LogP contribution is 2.20. The van der Waals surface area contributed by atoms with E-state index in [0.29, 0.717) is 6.54 Å². The molecule has 0 aromatic carbocycles. The molecular formula is C12H22N4O2. The second-order valence-corrected chi connectivity index (χ2v) is 4.56. The summed E-state index contributed by atoms with van der Waals surface area (Å²) in [5, 5.41) is 10.2. The van der Waals surface area contributed by atoms with Crippen molar-refractivity contribution in [1.82, 2.24) is 20.4 Å². The molecule has 18 heavy (non-hydrogen) atoms. The third-order valence-corrected chi connectivity index (χ3v) is 2.82. The minimum Gasteiger partial charge on any atom is -0.468 e. The van der Waals surface area contributed by atoms with E-state index in [9.17, 15) is 4.79 Å². The zero-order chi connectivity index (χ0) is 13.7. The number of rotatable bonds is 6. The molecule has 0 saturated carbocycles. The van der Waals surface area contributed by atoms with Crippen molar-refractivity contribution in [2.45, 2.75) is 19.9 Å². The van der Waals surface area contributed by atoms with E-state index in [4.69, 9.17) is 4.74 Å². The standard InChI is InChI=1S/C12H22N4O2/c1-8-10(9(2)15-14-8)11(12(17)18-5)13-6-7-16(3)4/h11,13H,6-7H2,1-5H3,(H,14,15). The summed E-state index contributed by atoms with van der Waals surface area (Å²) in [6, 6.07) is -0.464. The molecule has 102 valence electrons. The molecule has 1 aromatic heterocycles. The van der Waals surface area contributed by atoms with Crippen LogP contribution in [0.25, 0.3) is 0 Å². The average Bonchev–Trinajstić information content (AvgIpc) is 2.64. The van der Waals surface area contributed by atoms with Gasteiger partial charge < -0.3 is 9.64 Å². The fraction of sp³-hybridized carbons (Fsp3) is 0.667. The highest BCUT2D eigenvalue weighted by atomic mass is 16.5. The zero-order valence-electron chi connectivity index (χ0n) is 11.7. The number of H-pyrrole nitrogens is 1. The molecule has 6 nitrogen and oxygen atoms in total. The van der Waals surface area contributed by atoms with Crippen molar-refractivity contribution >= 4 is 5.97 Å². The summed E-state index contributed by atoms with van der Waals surface area (Å²) in [5.41, 5.74) is 2.58. The summed E-state index contributed by atoms with van der Waals surface area (Å²) in [6.07, 6.45) is 0. The first kappa shape index (κ1) is 14.7. The molecule has 1 unspecified atom stereocenters. The van der Waals surface area contributed by atoms with Gasteiger partial charge in [-0.05, 0) is 27.9 Å². The van der Waals surface area contributed by atoms with Gasteiger partial charge in [0.05, 0.1) is 12.8 Å². The molecule has 0 bridgehead atoms. The molecule has 2 N–H and O–H groups in total. The lowest BCUT2D eigenvalue weighted by Gasteiger charge is -2.18. The first-order valence-electron chi connectivity index (χ1n) is 5.94. The van der Waals surface area contributed by atoms with Crippen LogP contribution in [0, 0.1) is 13.8 Å². The topological polar surface area (TPSA) is 70.2 Å². The molecule has 0 spiro atoms. The number of hydrogen-bond acceptors (Lipinski definition) is 5. The average molecular weight is 254 g/mol. The van der Waals surface area contributed by atoms with Crippen molar-refractivity contribution in [3.63, 3.8) is 0 Å². The number of likely N-dealkylation sites (N-methyl/N-ethyl adjacent to an activating group) is 1. The number of nitrogens with zero attached hydrogens (tertiary/aromatic N) is 2. The smallest absolute Gasteiger partial charge is 0.327 e. The van der Waals surface area contributed by atoms with E-state index in [2.05, 4.69) is 20.4 Å². The SMILES string of the molecule is COC(=O)C(NCCN(C)C)c1c(C)n[nH]c1C. The van der Waals surface area contributed by atoms with Gasteiger partial charge in [-0.25, -0.2) is 4.79 Å². The van der Waals surface area contributed by atoms with Gasteiger partial charge in [-0.2, -0.15) is 5.10 Å². The molecule has 0 saturated heterocycles. The minimum atomic E-state index is -0.464. The maximum Gasteiger partial charge on any atom is 0.327 e. The van der Waals surface area contributed by atoms with Crippen LogP contribution >= 0.6 is 0 Å². The van der Waals surface area contributed by atoms with Gasteiger partial charge in [0, 0.05) is 24.3 Å². The largest absolute Gasteiger partial charge is 0.468 e. The lowest BCUT2D eigenvalue weighted by molar-refractivity contribution is -0.143. The first-order chi connectivity index (χ1) is 8.47. The minimum absolute atomic E-state index is 0.290. The number of aromatic amines is 1. The van der Waals surface area contributed by atoms with E-state index in [1.165, 1.54) is 7.11 Å². The van der Waals surface area contributed by atoms with Crippen LogP contribution in [0.5, 0.6) is 0 Å². The van der Waals surface area contributed by atoms with Gasteiger partial charge in [-0.15, -0.1) is 0 Å². The van der Waals surface area contributed by atoms with E-state index >= 15 is 0 Å². The molecule has 0 radical (unpaired) electrons. The van der Waals surface area contributed by atoms with Gasteiger partial charge in [0.2, 0.25) is 0 Å². The van der Waals surface area contributed by atoms with E-state index in [1.807, 2.05) is 27.9 Å². The fourth-order valence-corrected chi connectivity index (χ4v) is 1.84. The number of carbonyl (C=O) groups excluding carboxylic acids is 1. The van der Waals surface area contributed by atoms with E-state index in [0.717, 1.165) is 23.5 Å². The Morgan fingerprint density at radius 3 is 2.61 bits per heavy atom. The Kier molecular flexibility index (Phi) is 5.30. The van der Waals surface area contributed by atoms with Gasteiger partial charge in [-0.3, -0.25) is 10.4 Å². The Bertz CT molecular complexity index is 381. The van der Waals surface area contributed by atoms with Gasteiger partial charge in [0.25, 0.3) is 0 Å². The highest BCUT2D eigenvalue weighted by Gasteiger charge is 2.25. The summed E-state index contributed by atoms with van der Waals surface area (Å²) >= 11 is 0. The number of hydrogen-bond donors (Lipinski definition) is 2. The predicted molar refractivity (Wildman–Crippen MR) is 69.4 cm³/mol.